The van der Waals surface area contributed by atoms with Crippen molar-refractivity contribution >= 4 is 51.1 Å². The lowest BCUT2D eigenvalue weighted by atomic mass is 10.3. The van der Waals surface area contributed by atoms with E-state index in [1.807, 2.05) is 6.20 Å². The topological polar surface area (TPSA) is 16.1 Å². The Morgan fingerprint density at radius 1 is 1.55 bits per heavy atom. The summed E-state index contributed by atoms with van der Waals surface area (Å²) < 4.78 is 3.44. The van der Waals surface area contributed by atoms with Crippen molar-refractivity contribution in [3.05, 3.63) is 21.5 Å². The molecule has 0 saturated carbocycles. The number of halogens is 2. The predicted octanol–water partition coefficient (Wildman–Crippen LogP) is 2.40. The van der Waals surface area contributed by atoms with Crippen molar-refractivity contribution in [2.24, 2.45) is 0 Å². The monoisotopic (exact) mass is 372 g/mol. The summed E-state index contributed by atoms with van der Waals surface area (Å²) in [4.78, 5) is 4.36. The lowest BCUT2D eigenvalue weighted by molar-refractivity contribution is 1.02. The molecule has 0 amide bonds. The molecule has 0 unspecified atom stereocenters. The van der Waals surface area contributed by atoms with E-state index in [2.05, 4.69) is 59.6 Å². The Morgan fingerprint density at radius 3 is 3.18 bits per heavy atom. The minimum absolute atomic E-state index is 1.09. The second-order valence-electron chi connectivity index (χ2n) is 2.46. The van der Waals surface area contributed by atoms with E-state index in [1.54, 1.807) is 0 Å². The molecule has 2 rings (SSSR count). The highest BCUT2D eigenvalue weighted by atomic mass is 127. The maximum Gasteiger partial charge on any atom is 0.0684 e. The van der Waals surface area contributed by atoms with E-state index in [0.717, 1.165) is 13.0 Å². The smallest absolute Gasteiger partial charge is 0.0684 e. The Bertz CT molecular complexity index is 288. The first-order chi connectivity index (χ1) is 5.27. The molecule has 0 bridgehead atoms. The first-order valence-electron chi connectivity index (χ1n) is 3.35. The first kappa shape index (κ1) is 8.03. The molecular formula is C7H6I2N2. The first-order valence-corrected chi connectivity index (χ1v) is 5.39. The van der Waals surface area contributed by atoms with Gasteiger partial charge < -0.3 is 3.11 Å². The maximum atomic E-state index is 4.36. The van der Waals surface area contributed by atoms with Gasteiger partial charge in [-0.1, -0.05) is 0 Å². The number of aromatic nitrogens is 1. The fourth-order valence-corrected chi connectivity index (χ4v) is 2.28. The van der Waals surface area contributed by atoms with Gasteiger partial charge in [0, 0.05) is 22.7 Å². The van der Waals surface area contributed by atoms with E-state index in [9.17, 15) is 0 Å². The third-order valence-electron chi connectivity index (χ3n) is 1.72. The van der Waals surface area contributed by atoms with Gasteiger partial charge in [-0.05, 0) is 28.7 Å². The van der Waals surface area contributed by atoms with Crippen LogP contribution in [0.5, 0.6) is 0 Å². The van der Waals surface area contributed by atoms with Gasteiger partial charge in [-0.15, -0.1) is 0 Å². The fraction of sp³-hybridized carbons (Fsp3) is 0.286. The fourth-order valence-electron chi connectivity index (χ4n) is 1.18. The van der Waals surface area contributed by atoms with Crippen LogP contribution in [0, 0.1) is 3.57 Å². The Balaban J connectivity index is 2.52. The molecule has 0 fully saturated rings. The van der Waals surface area contributed by atoms with Crippen molar-refractivity contribution in [1.29, 1.82) is 0 Å². The van der Waals surface area contributed by atoms with Gasteiger partial charge in [0.1, 0.15) is 0 Å². The minimum Gasteiger partial charge on any atom is -0.313 e. The van der Waals surface area contributed by atoms with Crippen LogP contribution in [0.25, 0.3) is 0 Å². The van der Waals surface area contributed by atoms with Crippen LogP contribution in [0.15, 0.2) is 12.3 Å². The van der Waals surface area contributed by atoms with Crippen LogP contribution >= 0.6 is 45.5 Å². The molecule has 0 aliphatic carbocycles. The highest BCUT2D eigenvalue weighted by molar-refractivity contribution is 14.1. The molecule has 2 nitrogen and oxygen atoms in total. The second-order valence-corrected chi connectivity index (χ2v) is 4.87. The van der Waals surface area contributed by atoms with Crippen molar-refractivity contribution in [2.75, 3.05) is 9.66 Å². The Kier molecular flexibility index (Phi) is 2.22. The normalized spacial score (nSPS) is 15.3. The van der Waals surface area contributed by atoms with Gasteiger partial charge in [0.15, 0.2) is 0 Å². The van der Waals surface area contributed by atoms with Crippen LogP contribution in [0.2, 0.25) is 0 Å². The average molecular weight is 372 g/mol. The molecule has 0 spiro atoms. The zero-order valence-electron chi connectivity index (χ0n) is 5.72. The summed E-state index contributed by atoms with van der Waals surface area (Å²) in [6, 6.07) is 2.18. The van der Waals surface area contributed by atoms with Crippen LogP contribution in [0.1, 0.15) is 5.69 Å². The van der Waals surface area contributed by atoms with E-state index in [4.69, 9.17) is 0 Å². The van der Waals surface area contributed by atoms with Crippen LogP contribution in [0.3, 0.4) is 0 Å². The van der Waals surface area contributed by atoms with Crippen molar-refractivity contribution < 1.29 is 0 Å². The maximum absolute atomic E-state index is 4.36. The average Bonchev–Trinajstić information content (AvgIpc) is 2.33. The highest BCUT2D eigenvalue weighted by Gasteiger charge is 2.17. The molecule has 58 valence electrons. The SMILES string of the molecule is Ic1cnc2c(c1)N(I)CC2. The third-order valence-corrected chi connectivity index (χ3v) is 3.31. The van der Waals surface area contributed by atoms with Gasteiger partial charge in [-0.25, -0.2) is 0 Å². The van der Waals surface area contributed by atoms with Gasteiger partial charge in [-0.3, -0.25) is 4.98 Å². The van der Waals surface area contributed by atoms with Gasteiger partial charge in [0.25, 0.3) is 0 Å². The number of hydrogen-bond donors (Lipinski definition) is 0. The quantitative estimate of drug-likeness (QED) is 0.514. The van der Waals surface area contributed by atoms with E-state index in [-0.39, 0.29) is 0 Å². The molecule has 1 aliphatic rings. The van der Waals surface area contributed by atoms with Gasteiger partial charge >= 0.3 is 0 Å². The number of hydrogen-bond acceptors (Lipinski definition) is 2. The van der Waals surface area contributed by atoms with E-state index < -0.39 is 0 Å². The van der Waals surface area contributed by atoms with Gasteiger partial charge in [-0.2, -0.15) is 0 Å². The van der Waals surface area contributed by atoms with Crippen LogP contribution in [0.4, 0.5) is 5.69 Å². The van der Waals surface area contributed by atoms with E-state index >= 15 is 0 Å². The van der Waals surface area contributed by atoms with Crippen LogP contribution in [-0.4, -0.2) is 11.5 Å². The Labute approximate surface area is 93.0 Å². The Morgan fingerprint density at radius 2 is 2.36 bits per heavy atom. The van der Waals surface area contributed by atoms with Crippen LogP contribution < -0.4 is 3.11 Å². The molecular weight excluding hydrogens is 366 g/mol. The van der Waals surface area contributed by atoms with Crippen molar-refractivity contribution in [2.45, 2.75) is 6.42 Å². The largest absolute Gasteiger partial charge is 0.313 e. The number of nitrogens with zero attached hydrogens (tertiary/aromatic N) is 2. The third kappa shape index (κ3) is 1.47. The Hall–Kier alpha value is 0.410. The molecule has 1 aliphatic heterocycles. The van der Waals surface area contributed by atoms with E-state index in [0.29, 0.717) is 0 Å². The lowest BCUT2D eigenvalue weighted by Crippen LogP contribution is -2.03. The van der Waals surface area contributed by atoms with Crippen molar-refractivity contribution in [3.63, 3.8) is 0 Å². The molecule has 0 radical (unpaired) electrons. The molecule has 0 aromatic carbocycles. The molecule has 1 aromatic rings. The lowest BCUT2D eigenvalue weighted by Gasteiger charge is -2.07. The molecule has 0 N–H and O–H groups in total. The van der Waals surface area contributed by atoms with Gasteiger partial charge in [0.05, 0.1) is 34.2 Å². The second kappa shape index (κ2) is 3.04. The summed E-state index contributed by atoms with van der Waals surface area (Å²) in [5, 5.41) is 0. The summed E-state index contributed by atoms with van der Waals surface area (Å²) in [5.41, 5.74) is 2.53. The summed E-state index contributed by atoms with van der Waals surface area (Å²) >= 11 is 4.62. The molecule has 1 aromatic heterocycles. The molecule has 0 saturated heterocycles. The summed E-state index contributed by atoms with van der Waals surface area (Å²) in [6.45, 7) is 1.10. The van der Waals surface area contributed by atoms with Gasteiger partial charge in [0.2, 0.25) is 0 Å². The number of anilines is 1. The molecule has 2 heterocycles. The highest BCUT2D eigenvalue weighted by Crippen LogP contribution is 2.29. The molecule has 0 atom stereocenters. The predicted molar refractivity (Wildman–Crippen MR) is 62.0 cm³/mol. The zero-order chi connectivity index (χ0) is 7.84. The molecule has 4 heteroatoms. The van der Waals surface area contributed by atoms with Crippen LogP contribution in [-0.2, 0) is 6.42 Å². The molecule has 11 heavy (non-hydrogen) atoms. The summed E-state index contributed by atoms with van der Waals surface area (Å²) in [5.74, 6) is 0. The summed E-state index contributed by atoms with van der Waals surface area (Å²) in [6.07, 6.45) is 3.02. The standard InChI is InChI=1S/C7H6I2N2/c8-5-3-7-6(10-4-5)1-2-11(7)9/h3-4H,1-2H2. The number of pyridine rings is 1. The zero-order valence-corrected chi connectivity index (χ0v) is 10.0. The van der Waals surface area contributed by atoms with E-state index in [1.165, 1.54) is 15.0 Å². The number of rotatable bonds is 0. The summed E-state index contributed by atoms with van der Waals surface area (Å²) in [7, 11) is 0. The number of fused-ring (bicyclic) bond motifs is 1. The van der Waals surface area contributed by atoms with Crippen molar-refractivity contribution in [3.8, 4) is 0 Å². The van der Waals surface area contributed by atoms with Crippen molar-refractivity contribution in [1.82, 2.24) is 4.98 Å². The minimum atomic E-state index is 1.09.